The molecule has 39 heavy (non-hydrogen) atoms. The zero-order chi connectivity index (χ0) is 27.6. The van der Waals surface area contributed by atoms with Gasteiger partial charge in [0.1, 0.15) is 11.5 Å². The molecule has 2 nitrogen and oxygen atoms in total. The second-order valence-corrected chi connectivity index (χ2v) is 11.5. The summed E-state index contributed by atoms with van der Waals surface area (Å²) < 4.78 is 12.3. The molecule has 5 rings (SSSR count). The van der Waals surface area contributed by atoms with E-state index in [0.29, 0.717) is 11.8 Å². The van der Waals surface area contributed by atoms with Gasteiger partial charge >= 0.3 is 0 Å². The van der Waals surface area contributed by atoms with Crippen molar-refractivity contribution in [3.8, 4) is 22.6 Å². The Kier molecular flexibility index (Phi) is 7.84. The van der Waals surface area contributed by atoms with Gasteiger partial charge in [-0.1, -0.05) is 112 Å². The highest BCUT2D eigenvalue weighted by atomic mass is 16.5. The first kappa shape index (κ1) is 27.1. The number of benzene rings is 4. The van der Waals surface area contributed by atoms with Crippen LogP contribution in [-0.4, -0.2) is 13.2 Å². The quantitative estimate of drug-likeness (QED) is 0.183. The summed E-state index contributed by atoms with van der Waals surface area (Å²) in [6, 6.07) is 31.5. The maximum Gasteiger partial charge on any atom is 0.119 e. The number of fused-ring (bicyclic) bond motifs is 3. The highest BCUT2D eigenvalue weighted by Gasteiger charge is 2.46. The summed E-state index contributed by atoms with van der Waals surface area (Å²) in [5, 5.41) is 0. The van der Waals surface area contributed by atoms with Gasteiger partial charge in [0.2, 0.25) is 0 Å². The normalized spacial score (nSPS) is 14.8. The fourth-order valence-corrected chi connectivity index (χ4v) is 5.66. The van der Waals surface area contributed by atoms with E-state index in [0.717, 1.165) is 37.6 Å². The molecule has 0 aromatic heterocycles. The molecule has 1 aliphatic rings. The zero-order valence-corrected chi connectivity index (χ0v) is 24.4. The van der Waals surface area contributed by atoms with E-state index in [2.05, 4.69) is 126 Å². The lowest BCUT2D eigenvalue weighted by Crippen LogP contribution is -2.28. The first-order valence-corrected chi connectivity index (χ1v) is 14.6. The minimum absolute atomic E-state index is 0.423. The molecule has 0 amide bonds. The van der Waals surface area contributed by atoms with Crippen LogP contribution in [-0.2, 0) is 5.41 Å². The molecular weight excluding hydrogens is 476 g/mol. The van der Waals surface area contributed by atoms with Gasteiger partial charge in [-0.25, -0.2) is 0 Å². The minimum Gasteiger partial charge on any atom is -0.493 e. The van der Waals surface area contributed by atoms with Crippen molar-refractivity contribution < 1.29 is 9.47 Å². The van der Waals surface area contributed by atoms with Crippen LogP contribution in [0.5, 0.6) is 11.5 Å². The Labute approximate surface area is 235 Å². The van der Waals surface area contributed by atoms with Crippen molar-refractivity contribution in [1.82, 2.24) is 0 Å². The van der Waals surface area contributed by atoms with Crippen LogP contribution in [0, 0.1) is 25.7 Å². The van der Waals surface area contributed by atoms with E-state index in [4.69, 9.17) is 9.47 Å². The maximum absolute atomic E-state index is 6.15. The molecule has 0 fully saturated rings. The van der Waals surface area contributed by atoms with Crippen LogP contribution in [0.15, 0.2) is 84.9 Å². The Bertz CT molecular complexity index is 1300. The van der Waals surface area contributed by atoms with Gasteiger partial charge in [0.15, 0.2) is 0 Å². The van der Waals surface area contributed by atoms with E-state index in [9.17, 15) is 0 Å². The predicted molar refractivity (Wildman–Crippen MR) is 163 cm³/mol. The molecular formula is C37H42O2. The Morgan fingerprint density at radius 1 is 0.564 bits per heavy atom. The minimum atomic E-state index is -0.423. The second kappa shape index (κ2) is 11.3. The van der Waals surface area contributed by atoms with E-state index in [1.54, 1.807) is 0 Å². The lowest BCUT2D eigenvalue weighted by Gasteiger charge is -2.34. The molecule has 4 aromatic rings. The van der Waals surface area contributed by atoms with E-state index < -0.39 is 5.41 Å². The number of aryl methyl sites for hydroxylation is 2. The van der Waals surface area contributed by atoms with Crippen molar-refractivity contribution in [2.24, 2.45) is 11.8 Å². The summed E-state index contributed by atoms with van der Waals surface area (Å²) in [6.45, 7) is 14.7. The SMILES string of the molecule is CCC(C)COc1ccc(C2(c3ccc(OCC(C)CC)cc3)c3cc(C)ccc3-c3ccc(C)cc32)cc1. The number of hydrogen-bond donors (Lipinski definition) is 0. The van der Waals surface area contributed by atoms with Crippen LogP contribution in [0.1, 0.15) is 73.9 Å². The van der Waals surface area contributed by atoms with Crippen molar-refractivity contribution in [3.63, 3.8) is 0 Å². The van der Waals surface area contributed by atoms with E-state index in [1.165, 1.54) is 44.5 Å². The fourth-order valence-electron chi connectivity index (χ4n) is 5.66. The maximum atomic E-state index is 6.15. The Balaban J connectivity index is 1.67. The molecule has 202 valence electrons. The van der Waals surface area contributed by atoms with E-state index in [1.807, 2.05) is 0 Å². The summed E-state index contributed by atoms with van der Waals surface area (Å²) in [6.07, 6.45) is 2.23. The summed E-state index contributed by atoms with van der Waals surface area (Å²) in [5.41, 5.74) is 9.91. The molecule has 0 radical (unpaired) electrons. The van der Waals surface area contributed by atoms with Crippen LogP contribution < -0.4 is 9.47 Å². The molecule has 1 aliphatic carbocycles. The zero-order valence-electron chi connectivity index (χ0n) is 24.4. The number of hydrogen-bond acceptors (Lipinski definition) is 2. The smallest absolute Gasteiger partial charge is 0.119 e. The third kappa shape index (κ3) is 5.10. The van der Waals surface area contributed by atoms with Gasteiger partial charge in [-0.05, 0) is 83.3 Å². The van der Waals surface area contributed by atoms with Gasteiger partial charge < -0.3 is 9.47 Å². The predicted octanol–water partition coefficient (Wildman–Crippen LogP) is 9.52. The van der Waals surface area contributed by atoms with Crippen LogP contribution in [0.3, 0.4) is 0 Å². The van der Waals surface area contributed by atoms with Crippen LogP contribution >= 0.6 is 0 Å². The van der Waals surface area contributed by atoms with Gasteiger partial charge in [-0.2, -0.15) is 0 Å². The summed E-state index contributed by atoms with van der Waals surface area (Å²) in [4.78, 5) is 0. The molecule has 0 saturated carbocycles. The first-order valence-electron chi connectivity index (χ1n) is 14.6. The number of ether oxygens (including phenoxy) is 2. The molecule has 0 heterocycles. The fraction of sp³-hybridized carbons (Fsp3) is 0.351. The average molecular weight is 519 g/mol. The Morgan fingerprint density at radius 2 is 0.949 bits per heavy atom. The van der Waals surface area contributed by atoms with Crippen molar-refractivity contribution in [2.75, 3.05) is 13.2 Å². The summed E-state index contributed by atoms with van der Waals surface area (Å²) in [7, 11) is 0. The summed E-state index contributed by atoms with van der Waals surface area (Å²) >= 11 is 0. The van der Waals surface area contributed by atoms with Gasteiger partial charge in [0.05, 0.1) is 18.6 Å². The van der Waals surface area contributed by atoms with Crippen LogP contribution in [0.2, 0.25) is 0 Å². The van der Waals surface area contributed by atoms with Crippen molar-refractivity contribution in [2.45, 2.75) is 59.8 Å². The molecule has 0 bridgehead atoms. The summed E-state index contributed by atoms with van der Waals surface area (Å²) in [5.74, 6) is 2.93. The third-order valence-corrected chi connectivity index (χ3v) is 8.49. The molecule has 2 heteroatoms. The molecule has 4 aromatic carbocycles. The van der Waals surface area contributed by atoms with Crippen LogP contribution in [0.4, 0.5) is 0 Å². The van der Waals surface area contributed by atoms with E-state index >= 15 is 0 Å². The molecule has 0 N–H and O–H groups in total. The number of rotatable bonds is 10. The van der Waals surface area contributed by atoms with Crippen molar-refractivity contribution >= 4 is 0 Å². The van der Waals surface area contributed by atoms with E-state index in [-0.39, 0.29) is 0 Å². The van der Waals surface area contributed by atoms with Crippen LogP contribution in [0.25, 0.3) is 11.1 Å². The van der Waals surface area contributed by atoms with Crippen molar-refractivity contribution in [1.29, 1.82) is 0 Å². The van der Waals surface area contributed by atoms with Gasteiger partial charge in [-0.15, -0.1) is 0 Å². The third-order valence-electron chi connectivity index (χ3n) is 8.49. The molecule has 2 atom stereocenters. The van der Waals surface area contributed by atoms with Gasteiger partial charge in [-0.3, -0.25) is 0 Å². The Morgan fingerprint density at radius 3 is 1.31 bits per heavy atom. The Hall–Kier alpha value is -3.52. The standard InChI is InChI=1S/C37H42O2/c1-7-25(3)23-38-31-15-11-29(12-16-31)37(30-13-17-32(18-14-30)39-24-26(4)8-2)35-21-27(5)9-19-33(35)34-20-10-28(6)22-36(34)37/h9-22,25-26H,7-8,23-24H2,1-6H3. The highest BCUT2D eigenvalue weighted by molar-refractivity contribution is 5.86. The molecule has 0 aliphatic heterocycles. The monoisotopic (exact) mass is 518 g/mol. The largest absolute Gasteiger partial charge is 0.493 e. The highest BCUT2D eigenvalue weighted by Crippen LogP contribution is 2.56. The average Bonchev–Trinajstić information content (AvgIpc) is 3.24. The van der Waals surface area contributed by atoms with Gasteiger partial charge in [0, 0.05) is 0 Å². The lowest BCUT2D eigenvalue weighted by molar-refractivity contribution is 0.256. The molecule has 0 saturated heterocycles. The second-order valence-electron chi connectivity index (χ2n) is 11.5. The lowest BCUT2D eigenvalue weighted by atomic mass is 9.67. The molecule has 0 spiro atoms. The first-order chi connectivity index (χ1) is 18.9. The van der Waals surface area contributed by atoms with Gasteiger partial charge in [0.25, 0.3) is 0 Å². The van der Waals surface area contributed by atoms with Crippen molar-refractivity contribution in [3.05, 3.63) is 118 Å². The molecule has 2 unspecified atom stereocenters. The topological polar surface area (TPSA) is 18.5 Å².